The molecular weight excluding hydrogens is 584 g/mol. The number of nitrogens with one attached hydrogen (secondary N) is 3. The number of ether oxygens (including phenoxy) is 1. The van der Waals surface area contributed by atoms with Gasteiger partial charge in [-0.05, 0) is 24.1 Å². The van der Waals surface area contributed by atoms with E-state index >= 15 is 0 Å². The molecule has 0 aliphatic carbocycles. The predicted octanol–water partition coefficient (Wildman–Crippen LogP) is 2.58. The van der Waals surface area contributed by atoms with Crippen LogP contribution in [0.5, 0.6) is 0 Å². The van der Waals surface area contributed by atoms with Crippen molar-refractivity contribution in [1.29, 1.82) is 0 Å². The van der Waals surface area contributed by atoms with E-state index in [9.17, 15) is 33.9 Å². The van der Waals surface area contributed by atoms with E-state index in [1.165, 1.54) is 26.5 Å². The molecule has 14 heteroatoms. The molecule has 2 aliphatic rings. The second-order valence-corrected chi connectivity index (χ2v) is 12.2. The van der Waals surface area contributed by atoms with E-state index in [1.54, 1.807) is 18.2 Å². The van der Waals surface area contributed by atoms with Crippen molar-refractivity contribution in [3.63, 3.8) is 0 Å². The van der Waals surface area contributed by atoms with Crippen LogP contribution in [0.25, 0.3) is 0 Å². The summed E-state index contributed by atoms with van der Waals surface area (Å²) in [6, 6.07) is 12.2. The number of carbonyl (C=O) groups is 6. The maximum absolute atomic E-state index is 12.9. The van der Waals surface area contributed by atoms with Crippen LogP contribution in [0.2, 0.25) is 0 Å². The van der Waals surface area contributed by atoms with Gasteiger partial charge in [-0.25, -0.2) is 9.59 Å². The first-order valence-electron chi connectivity index (χ1n) is 13.2. The number of carbonyl (C=O) groups excluding carboxylic acids is 5. The first kappa shape index (κ1) is 30.9. The number of hydrogen-bond acceptors (Lipinski definition) is 9. The molecule has 1 saturated heterocycles. The standard InChI is InChI=1S/C28H30N4O8S2/c33-23-10-9-22(25(35)31-23)32-16-19-18(26(32)36)7-4-8-20(19)30-28(39)40-12-14-42-41-13-11-24(34)29-21(27(37)38)15-17-5-2-1-3-6-17/h1-8,21-22H,9-16H2,(H,29,34)(H,30,39)(H,37,38)(H,31,33,35)/t21-,22?/m0/s1. The molecule has 2 heterocycles. The minimum atomic E-state index is -1.09. The van der Waals surface area contributed by atoms with Crippen LogP contribution in [0.4, 0.5) is 10.5 Å². The van der Waals surface area contributed by atoms with Crippen molar-refractivity contribution in [3.8, 4) is 0 Å². The van der Waals surface area contributed by atoms with Crippen molar-refractivity contribution in [1.82, 2.24) is 15.5 Å². The van der Waals surface area contributed by atoms with Gasteiger partial charge in [-0.2, -0.15) is 0 Å². The molecule has 42 heavy (non-hydrogen) atoms. The van der Waals surface area contributed by atoms with Crippen molar-refractivity contribution in [2.24, 2.45) is 0 Å². The topological polar surface area (TPSA) is 171 Å². The SMILES string of the molecule is O=C1CCC(N2Cc3c(NC(=O)OCCSSCCC(=O)N[C@@H](Cc4ccccc4)C(=O)O)cccc3C2=O)C(=O)N1. The first-order chi connectivity index (χ1) is 20.2. The quantitative estimate of drug-likeness (QED) is 0.149. The Morgan fingerprint density at radius 1 is 1.05 bits per heavy atom. The highest BCUT2D eigenvalue weighted by atomic mass is 33.1. The van der Waals surface area contributed by atoms with Crippen LogP contribution >= 0.6 is 21.6 Å². The molecule has 1 unspecified atom stereocenters. The lowest BCUT2D eigenvalue weighted by Gasteiger charge is -2.29. The molecular formula is C28H30N4O8S2. The Morgan fingerprint density at radius 2 is 1.81 bits per heavy atom. The number of piperidine rings is 1. The fourth-order valence-electron chi connectivity index (χ4n) is 4.59. The molecule has 0 aromatic heterocycles. The number of amides is 5. The molecule has 0 radical (unpaired) electrons. The molecule has 4 N–H and O–H groups in total. The van der Waals surface area contributed by atoms with E-state index in [-0.39, 0.29) is 56.6 Å². The number of aliphatic carboxylic acids is 1. The van der Waals surface area contributed by atoms with Gasteiger partial charge in [-0.15, -0.1) is 0 Å². The third kappa shape index (κ3) is 8.26. The van der Waals surface area contributed by atoms with Crippen LogP contribution in [-0.2, 0) is 36.9 Å². The summed E-state index contributed by atoms with van der Waals surface area (Å²) in [5, 5.41) is 16.9. The Labute approximate surface area is 249 Å². The van der Waals surface area contributed by atoms with Gasteiger partial charge in [0.05, 0.1) is 0 Å². The number of imide groups is 1. The number of carboxylic acid groups (broad SMARTS) is 1. The van der Waals surface area contributed by atoms with Crippen molar-refractivity contribution in [2.75, 3.05) is 23.4 Å². The van der Waals surface area contributed by atoms with Gasteiger partial charge < -0.3 is 20.1 Å². The van der Waals surface area contributed by atoms with Gasteiger partial charge in [-0.3, -0.25) is 29.8 Å². The zero-order valence-electron chi connectivity index (χ0n) is 22.5. The molecule has 2 aromatic carbocycles. The van der Waals surface area contributed by atoms with Crippen molar-refractivity contribution in [3.05, 3.63) is 65.2 Å². The van der Waals surface area contributed by atoms with Gasteiger partial charge >= 0.3 is 12.1 Å². The highest BCUT2D eigenvalue weighted by Crippen LogP contribution is 2.32. The third-order valence-corrected chi connectivity index (χ3v) is 9.00. The Morgan fingerprint density at radius 3 is 2.55 bits per heavy atom. The second-order valence-electron chi connectivity index (χ2n) is 9.53. The zero-order chi connectivity index (χ0) is 30.1. The summed E-state index contributed by atoms with van der Waals surface area (Å²) in [5.41, 5.74) is 2.17. The van der Waals surface area contributed by atoms with Gasteiger partial charge in [0, 0.05) is 54.1 Å². The molecule has 2 atom stereocenters. The number of rotatable bonds is 13. The molecule has 1 fully saturated rings. The summed E-state index contributed by atoms with van der Waals surface area (Å²) < 4.78 is 5.24. The van der Waals surface area contributed by atoms with Crippen LogP contribution in [0.1, 0.15) is 40.7 Å². The predicted molar refractivity (Wildman–Crippen MR) is 157 cm³/mol. The average molecular weight is 615 g/mol. The molecule has 222 valence electrons. The van der Waals surface area contributed by atoms with Crippen LogP contribution in [0.15, 0.2) is 48.5 Å². The Kier molecular flexibility index (Phi) is 10.8. The Bertz CT molecular complexity index is 1360. The highest BCUT2D eigenvalue weighted by Gasteiger charge is 2.40. The Hall–Kier alpha value is -4.04. The fourth-order valence-corrected chi connectivity index (χ4v) is 6.40. The zero-order valence-corrected chi connectivity index (χ0v) is 24.1. The van der Waals surface area contributed by atoms with Crippen molar-refractivity contribution < 1.29 is 38.6 Å². The highest BCUT2D eigenvalue weighted by molar-refractivity contribution is 8.76. The van der Waals surface area contributed by atoms with Crippen LogP contribution < -0.4 is 16.0 Å². The number of anilines is 1. The summed E-state index contributed by atoms with van der Waals surface area (Å²) in [7, 11) is 2.82. The molecule has 2 aromatic rings. The van der Waals surface area contributed by atoms with E-state index in [2.05, 4.69) is 16.0 Å². The molecule has 0 spiro atoms. The molecule has 4 rings (SSSR count). The van der Waals surface area contributed by atoms with Gasteiger partial charge in [0.25, 0.3) is 5.91 Å². The van der Waals surface area contributed by atoms with E-state index < -0.39 is 30.1 Å². The maximum Gasteiger partial charge on any atom is 0.411 e. The summed E-state index contributed by atoms with van der Waals surface area (Å²) >= 11 is 0. The van der Waals surface area contributed by atoms with Crippen LogP contribution in [-0.4, -0.2) is 75.9 Å². The van der Waals surface area contributed by atoms with Crippen LogP contribution in [0.3, 0.4) is 0 Å². The molecule has 12 nitrogen and oxygen atoms in total. The van der Waals surface area contributed by atoms with E-state index in [0.717, 1.165) is 5.56 Å². The minimum absolute atomic E-state index is 0.101. The summed E-state index contributed by atoms with van der Waals surface area (Å²) in [4.78, 5) is 74.2. The van der Waals surface area contributed by atoms with E-state index in [1.807, 2.05) is 30.3 Å². The summed E-state index contributed by atoms with van der Waals surface area (Å²) in [6.07, 6.45) is 0.0389. The van der Waals surface area contributed by atoms with Gasteiger partial charge in [0.1, 0.15) is 18.7 Å². The second kappa shape index (κ2) is 14.7. The number of fused-ring (bicyclic) bond motifs is 1. The number of carboxylic acids is 1. The van der Waals surface area contributed by atoms with Gasteiger partial charge in [0.2, 0.25) is 17.7 Å². The van der Waals surface area contributed by atoms with E-state index in [0.29, 0.717) is 28.3 Å². The van der Waals surface area contributed by atoms with Gasteiger partial charge in [0.15, 0.2) is 0 Å². The smallest absolute Gasteiger partial charge is 0.411 e. The number of benzene rings is 2. The molecule has 0 saturated carbocycles. The van der Waals surface area contributed by atoms with Crippen LogP contribution in [0, 0.1) is 0 Å². The lowest BCUT2D eigenvalue weighted by Crippen LogP contribution is -2.52. The molecule has 0 bridgehead atoms. The number of hydrogen-bond donors (Lipinski definition) is 4. The average Bonchev–Trinajstić information content (AvgIpc) is 3.29. The fraction of sp³-hybridized carbons (Fsp3) is 0.357. The summed E-state index contributed by atoms with van der Waals surface area (Å²) in [5.74, 6) is -1.75. The minimum Gasteiger partial charge on any atom is -0.480 e. The molecule has 2 aliphatic heterocycles. The number of nitrogens with zero attached hydrogens (tertiary/aromatic N) is 1. The largest absolute Gasteiger partial charge is 0.480 e. The lowest BCUT2D eigenvalue weighted by molar-refractivity contribution is -0.141. The monoisotopic (exact) mass is 614 g/mol. The normalized spacial score (nSPS) is 16.8. The van der Waals surface area contributed by atoms with Crippen molar-refractivity contribution in [2.45, 2.75) is 44.3 Å². The maximum atomic E-state index is 12.9. The van der Waals surface area contributed by atoms with Gasteiger partial charge in [-0.1, -0.05) is 58.0 Å². The lowest BCUT2D eigenvalue weighted by atomic mass is 10.0. The Balaban J connectivity index is 1.14. The third-order valence-electron chi connectivity index (χ3n) is 6.63. The van der Waals surface area contributed by atoms with E-state index in [4.69, 9.17) is 4.74 Å². The van der Waals surface area contributed by atoms with Crippen molar-refractivity contribution >= 4 is 63.0 Å². The summed E-state index contributed by atoms with van der Waals surface area (Å²) in [6.45, 7) is 0.223. The molecule has 5 amide bonds. The first-order valence-corrected chi connectivity index (χ1v) is 15.7.